The maximum Gasteiger partial charge on any atom is -0.132 e. The Morgan fingerprint density at radius 2 is 1.50 bits per heavy atom. The van der Waals surface area contributed by atoms with Gasteiger partial charge in [0.15, 0.2) is 0 Å². The van der Waals surface area contributed by atoms with Crippen LogP contribution in [0.4, 0.5) is 0 Å². The second-order valence-corrected chi connectivity index (χ2v) is 9.72. The molecule has 0 aromatic rings. The van der Waals surface area contributed by atoms with Gasteiger partial charge in [-0.1, -0.05) is 0 Å². The summed E-state index contributed by atoms with van der Waals surface area (Å²) >= 11 is 4.61. The van der Waals surface area contributed by atoms with Gasteiger partial charge in [0.25, 0.3) is 0 Å². The Morgan fingerprint density at radius 3 is 1.50 bits per heavy atom. The zero-order valence-corrected chi connectivity index (χ0v) is 6.03. The van der Waals surface area contributed by atoms with E-state index in [2.05, 4.69) is 30.1 Å². The van der Waals surface area contributed by atoms with Gasteiger partial charge in [0.1, 0.15) is 0 Å². The molecule has 0 saturated carbocycles. The normalized spacial score (nSPS) is 9.00. The minimum Gasteiger partial charge on any atom is -0.750 e. The molecule has 0 N–H and O–H groups in total. The average Bonchev–Trinajstić information content (AvgIpc) is 0.811. The molecule has 0 saturated heterocycles. The summed E-state index contributed by atoms with van der Waals surface area (Å²) in [5, 5.41) is 0. The van der Waals surface area contributed by atoms with E-state index in [1.165, 1.54) is 0 Å². The summed E-state index contributed by atoms with van der Waals surface area (Å²) < 4.78 is 0. The van der Waals surface area contributed by atoms with Crippen LogP contribution in [-0.2, 0) is 12.2 Å². The molecule has 0 fully saturated rings. The quantitative estimate of drug-likeness (QED) is 0.353. The van der Waals surface area contributed by atoms with Crippen molar-refractivity contribution in [3.8, 4) is 0 Å². The summed E-state index contributed by atoms with van der Waals surface area (Å²) in [5.41, 5.74) is 0. The Labute approximate surface area is 37.2 Å². The van der Waals surface area contributed by atoms with E-state index >= 15 is 0 Å². The zero-order valence-electron chi connectivity index (χ0n) is 2.01. The van der Waals surface area contributed by atoms with Gasteiger partial charge in [-0.25, -0.2) is 6.50 Å². The SMILES string of the molecule is PP(P)[S-]. The first-order valence-corrected chi connectivity index (χ1v) is 6.29. The van der Waals surface area contributed by atoms with Crippen molar-refractivity contribution in [2.24, 2.45) is 0 Å². The Balaban J connectivity index is 2.32. The fourth-order valence-corrected chi connectivity index (χ4v) is 0. The summed E-state index contributed by atoms with van der Waals surface area (Å²) in [5.74, 6) is 0. The predicted molar refractivity (Wildman–Crippen MR) is 33.7 cm³/mol. The van der Waals surface area contributed by atoms with Gasteiger partial charge in [0.05, 0.1) is 0 Å². The summed E-state index contributed by atoms with van der Waals surface area (Å²) in [6.07, 6.45) is 0. The highest BCUT2D eigenvalue weighted by Crippen LogP contribution is 2.49. The predicted octanol–water partition coefficient (Wildman–Crippen LogP) is 1.51. The smallest absolute Gasteiger partial charge is 0.132 e. The van der Waals surface area contributed by atoms with Crippen molar-refractivity contribution in [3.63, 3.8) is 0 Å². The van der Waals surface area contributed by atoms with Crippen LogP contribution in [0.5, 0.6) is 0 Å². The van der Waals surface area contributed by atoms with Crippen LogP contribution in [0.2, 0.25) is 0 Å². The van der Waals surface area contributed by atoms with E-state index in [4.69, 9.17) is 0 Å². The van der Waals surface area contributed by atoms with Crippen molar-refractivity contribution in [1.82, 2.24) is 0 Å². The Bertz CT molecular complexity index is 8.00. The average molecular weight is 129 g/mol. The first-order valence-electron chi connectivity index (χ1n) is 0.699. The van der Waals surface area contributed by atoms with Crippen molar-refractivity contribution in [3.05, 3.63) is 0 Å². The standard InChI is InChI=1S/H4P3S/c1-3(2)4/h1-2H2/q-1. The van der Waals surface area contributed by atoms with Gasteiger partial charge in [0.2, 0.25) is 0 Å². The van der Waals surface area contributed by atoms with Gasteiger partial charge >= 0.3 is 0 Å². The lowest BCUT2D eigenvalue weighted by molar-refractivity contribution is 5.25. The Hall–Kier alpha value is 1.64. The summed E-state index contributed by atoms with van der Waals surface area (Å²) in [7, 11) is 5.00. The van der Waals surface area contributed by atoms with E-state index in [1.54, 1.807) is 0 Å². The van der Waals surface area contributed by atoms with Crippen LogP contribution in [0, 0.1) is 0 Å². The largest absolute Gasteiger partial charge is 0.750 e. The lowest BCUT2D eigenvalue weighted by atomic mass is 29.4. The van der Waals surface area contributed by atoms with E-state index in [0.29, 0.717) is 0 Å². The lowest BCUT2D eigenvalue weighted by Crippen LogP contribution is -1.09. The van der Waals surface area contributed by atoms with Crippen LogP contribution >= 0.6 is 24.4 Å². The first-order chi connectivity index (χ1) is 1.73. The molecule has 0 aliphatic rings. The molecular formula is H4P3S-. The van der Waals surface area contributed by atoms with Gasteiger partial charge in [-0.3, -0.25) is 0 Å². The third-order valence-corrected chi connectivity index (χ3v) is 0. The molecule has 0 aromatic carbocycles. The maximum absolute atomic E-state index is 4.61. The summed E-state index contributed by atoms with van der Waals surface area (Å²) in [4.78, 5) is 0. The van der Waals surface area contributed by atoms with Crippen molar-refractivity contribution in [2.45, 2.75) is 0 Å². The monoisotopic (exact) mass is 129 g/mol. The molecule has 0 aliphatic heterocycles. The number of hydrogen-bond acceptors (Lipinski definition) is 1. The van der Waals surface area contributed by atoms with Crippen LogP contribution in [0.15, 0.2) is 0 Å². The van der Waals surface area contributed by atoms with E-state index in [0.717, 1.165) is 0 Å². The Morgan fingerprint density at radius 1 is 1.50 bits per heavy atom. The number of hydrogen-bond donors (Lipinski definition) is 0. The molecule has 0 bridgehead atoms. The fraction of sp³-hybridized carbons (Fsp3) is 0. The van der Waals surface area contributed by atoms with Crippen LogP contribution in [-0.4, -0.2) is 0 Å². The van der Waals surface area contributed by atoms with Gasteiger partial charge in [0, 0.05) is 0 Å². The van der Waals surface area contributed by atoms with E-state index in [1.807, 2.05) is 0 Å². The first kappa shape index (κ1) is 5.64. The fourth-order valence-electron chi connectivity index (χ4n) is 0. The topological polar surface area (TPSA) is 0 Å². The van der Waals surface area contributed by atoms with Crippen LogP contribution in [0.25, 0.3) is 0 Å². The molecular weight excluding hydrogens is 125 g/mol. The third-order valence-electron chi connectivity index (χ3n) is 0. The molecule has 4 heavy (non-hydrogen) atoms. The highest BCUT2D eigenvalue weighted by atomic mass is 33.0. The molecule has 26 valence electrons. The molecule has 0 amide bonds. The molecule has 0 nitrogen and oxygen atoms in total. The van der Waals surface area contributed by atoms with E-state index in [9.17, 15) is 0 Å². The van der Waals surface area contributed by atoms with Crippen LogP contribution in [0.1, 0.15) is 0 Å². The van der Waals surface area contributed by atoms with Gasteiger partial charge in [-0.2, -0.15) is 0 Å². The van der Waals surface area contributed by atoms with Crippen LogP contribution < -0.4 is 0 Å². The third kappa shape index (κ3) is 9.43. The second-order valence-electron chi connectivity index (χ2n) is 0.360. The zero-order chi connectivity index (χ0) is 3.58. The van der Waals surface area contributed by atoms with E-state index < -0.39 is 0 Å². The Kier molecular flexibility index (Phi) is 4.03. The van der Waals surface area contributed by atoms with Crippen molar-refractivity contribution in [2.75, 3.05) is 0 Å². The molecule has 0 spiro atoms. The molecule has 2 unspecified atom stereocenters. The number of rotatable bonds is 0. The highest BCUT2D eigenvalue weighted by Gasteiger charge is 1.48. The summed E-state index contributed by atoms with van der Waals surface area (Å²) in [6.45, 7) is -0.204. The van der Waals surface area contributed by atoms with Gasteiger partial charge in [-0.15, -0.1) is 17.9 Å². The minimum absolute atomic E-state index is 0.204. The van der Waals surface area contributed by atoms with E-state index in [-0.39, 0.29) is 6.50 Å². The molecule has 0 aliphatic carbocycles. The van der Waals surface area contributed by atoms with Crippen molar-refractivity contribution in [1.29, 1.82) is 0 Å². The molecule has 0 heterocycles. The molecule has 0 rings (SSSR count). The van der Waals surface area contributed by atoms with Gasteiger partial charge < -0.3 is 12.2 Å². The highest BCUT2D eigenvalue weighted by molar-refractivity contribution is 8.74. The summed E-state index contributed by atoms with van der Waals surface area (Å²) in [6, 6.07) is 0. The minimum atomic E-state index is -0.204. The lowest BCUT2D eigenvalue weighted by Gasteiger charge is -2.04. The van der Waals surface area contributed by atoms with Crippen molar-refractivity contribution < 1.29 is 0 Å². The van der Waals surface area contributed by atoms with Gasteiger partial charge in [-0.05, 0) is 0 Å². The van der Waals surface area contributed by atoms with Crippen molar-refractivity contribution >= 4 is 36.6 Å². The molecule has 0 aromatic heterocycles. The van der Waals surface area contributed by atoms with Crippen LogP contribution in [0.3, 0.4) is 0 Å². The molecule has 0 radical (unpaired) electrons. The second kappa shape index (κ2) is 2.86. The maximum atomic E-state index is 4.61. The molecule has 2 atom stereocenters. The molecule has 4 heteroatoms.